The summed E-state index contributed by atoms with van der Waals surface area (Å²) in [5, 5.41) is 0. The van der Waals surface area contributed by atoms with Crippen molar-refractivity contribution in [2.75, 3.05) is 37.1 Å². The molecule has 1 fully saturated rings. The van der Waals surface area contributed by atoms with E-state index in [1.165, 1.54) is 11.8 Å². The molecule has 0 aromatic carbocycles. The van der Waals surface area contributed by atoms with Crippen molar-refractivity contribution in [3.63, 3.8) is 0 Å². The molecular weight excluding hydrogens is 336 g/mol. The van der Waals surface area contributed by atoms with Crippen LogP contribution in [0.4, 0.5) is 0 Å². The summed E-state index contributed by atoms with van der Waals surface area (Å²) in [5.74, 6) is -0.372. The number of hydrogen-bond donors (Lipinski definition) is 2. The Hall–Kier alpha value is 0.0200. The molecule has 0 radical (unpaired) electrons. The number of hydrogen-bond acceptors (Lipinski definition) is 7. The smallest absolute Gasteiger partial charge is 0.266 e. The van der Waals surface area contributed by atoms with E-state index in [2.05, 4.69) is 0 Å². The van der Waals surface area contributed by atoms with Crippen LogP contribution < -0.4 is 0 Å². The molecule has 12 heteroatoms. The van der Waals surface area contributed by atoms with E-state index in [4.69, 9.17) is 21.3 Å². The second kappa shape index (κ2) is 6.65. The molecule has 112 valence electrons. The van der Waals surface area contributed by atoms with Gasteiger partial charge in [-0.3, -0.25) is 14.0 Å². The SMILES string of the molecule is O=S(=O)(O)CCN1CSC(=S)N(CCS(=O)(=O)O)C1. The van der Waals surface area contributed by atoms with E-state index in [1.54, 1.807) is 9.80 Å². The van der Waals surface area contributed by atoms with Crippen LogP contribution >= 0.6 is 24.0 Å². The van der Waals surface area contributed by atoms with E-state index in [0.29, 0.717) is 10.2 Å². The molecule has 0 aromatic rings. The number of rotatable bonds is 6. The average Bonchev–Trinajstić information content (AvgIpc) is 2.24. The lowest BCUT2D eigenvalue weighted by atomic mass is 10.6. The highest BCUT2D eigenvalue weighted by Gasteiger charge is 2.23. The van der Waals surface area contributed by atoms with Gasteiger partial charge in [-0.2, -0.15) is 16.8 Å². The fourth-order valence-electron chi connectivity index (χ4n) is 1.35. The largest absolute Gasteiger partial charge is 0.343 e. The number of thiocarbonyl (C=S) groups is 1. The summed E-state index contributed by atoms with van der Waals surface area (Å²) in [7, 11) is -8.09. The second-order valence-electron chi connectivity index (χ2n) is 3.91. The minimum atomic E-state index is -4.06. The van der Waals surface area contributed by atoms with Crippen LogP contribution in [0.5, 0.6) is 0 Å². The summed E-state index contributed by atoms with van der Waals surface area (Å²) in [4.78, 5) is 3.26. The highest BCUT2D eigenvalue weighted by atomic mass is 32.2. The van der Waals surface area contributed by atoms with Gasteiger partial charge in [0.25, 0.3) is 20.2 Å². The molecule has 19 heavy (non-hydrogen) atoms. The number of thioether (sulfide) groups is 1. The summed E-state index contributed by atoms with van der Waals surface area (Å²) >= 11 is 6.31. The molecule has 1 aliphatic rings. The van der Waals surface area contributed by atoms with Crippen molar-refractivity contribution in [2.24, 2.45) is 0 Å². The molecule has 0 amide bonds. The van der Waals surface area contributed by atoms with Crippen LogP contribution in [0.25, 0.3) is 0 Å². The molecule has 0 unspecified atom stereocenters. The average molecular weight is 350 g/mol. The summed E-state index contributed by atoms with van der Waals surface area (Å²) in [6, 6.07) is 0. The van der Waals surface area contributed by atoms with Crippen molar-refractivity contribution in [3.8, 4) is 0 Å². The Labute approximate surface area is 121 Å². The predicted octanol–water partition coefficient (Wildman–Crippen LogP) is -0.687. The van der Waals surface area contributed by atoms with Crippen LogP contribution in [0, 0.1) is 0 Å². The van der Waals surface area contributed by atoms with Gasteiger partial charge in [0.2, 0.25) is 0 Å². The highest BCUT2D eigenvalue weighted by Crippen LogP contribution is 2.18. The first-order chi connectivity index (χ1) is 8.57. The summed E-state index contributed by atoms with van der Waals surface area (Å²) < 4.78 is 60.5. The second-order valence-corrected chi connectivity index (χ2v) is 8.63. The van der Waals surface area contributed by atoms with Gasteiger partial charge in [0, 0.05) is 13.1 Å². The molecule has 0 atom stereocenters. The zero-order chi connectivity index (χ0) is 14.7. The third-order valence-corrected chi connectivity index (χ3v) is 5.29. The summed E-state index contributed by atoms with van der Waals surface area (Å²) in [6.45, 7) is 0.417. The first-order valence-electron chi connectivity index (χ1n) is 5.11. The van der Waals surface area contributed by atoms with Crippen LogP contribution in [-0.4, -0.2) is 77.2 Å². The van der Waals surface area contributed by atoms with Gasteiger partial charge >= 0.3 is 0 Å². The zero-order valence-corrected chi connectivity index (χ0v) is 13.1. The van der Waals surface area contributed by atoms with Gasteiger partial charge in [-0.25, -0.2) is 0 Å². The first-order valence-corrected chi connectivity index (χ1v) is 9.72. The third-order valence-electron chi connectivity index (χ3n) is 2.28. The Balaban J connectivity index is 2.51. The lowest BCUT2D eigenvalue weighted by Crippen LogP contribution is -2.47. The monoisotopic (exact) mass is 350 g/mol. The van der Waals surface area contributed by atoms with Gasteiger partial charge in [0.15, 0.2) is 0 Å². The predicted molar refractivity (Wildman–Crippen MR) is 76.2 cm³/mol. The molecule has 0 aromatic heterocycles. The van der Waals surface area contributed by atoms with Crippen molar-refractivity contribution in [1.29, 1.82) is 0 Å². The van der Waals surface area contributed by atoms with E-state index < -0.39 is 31.7 Å². The van der Waals surface area contributed by atoms with Gasteiger partial charge < -0.3 is 4.90 Å². The van der Waals surface area contributed by atoms with E-state index in [1.807, 2.05) is 0 Å². The van der Waals surface area contributed by atoms with Gasteiger partial charge in [0.1, 0.15) is 4.32 Å². The van der Waals surface area contributed by atoms with Gasteiger partial charge in [0.05, 0.1) is 24.1 Å². The van der Waals surface area contributed by atoms with Gasteiger partial charge in [-0.1, -0.05) is 24.0 Å². The van der Waals surface area contributed by atoms with E-state index in [-0.39, 0.29) is 19.8 Å². The Morgan fingerprint density at radius 2 is 1.63 bits per heavy atom. The minimum Gasteiger partial charge on any atom is -0.343 e. The fraction of sp³-hybridized carbons (Fsp3) is 0.857. The molecule has 2 N–H and O–H groups in total. The van der Waals surface area contributed by atoms with Crippen molar-refractivity contribution in [1.82, 2.24) is 9.80 Å². The van der Waals surface area contributed by atoms with Crippen molar-refractivity contribution in [3.05, 3.63) is 0 Å². The standard InChI is InChI=1S/C7H14N2O6S4/c10-18(11,12)3-1-8-5-9(7(16)17-6-8)2-4-19(13,14)15/h1-6H2,(H,10,11,12)(H,13,14,15). The third kappa shape index (κ3) is 7.39. The molecule has 0 saturated carbocycles. The molecule has 8 nitrogen and oxygen atoms in total. The lowest BCUT2D eigenvalue weighted by Gasteiger charge is -2.36. The van der Waals surface area contributed by atoms with Crippen LogP contribution in [0.2, 0.25) is 0 Å². The van der Waals surface area contributed by atoms with Crippen molar-refractivity contribution in [2.45, 2.75) is 0 Å². The van der Waals surface area contributed by atoms with Crippen molar-refractivity contribution < 1.29 is 25.9 Å². The first kappa shape index (κ1) is 17.1. The molecule has 0 bridgehead atoms. The lowest BCUT2D eigenvalue weighted by molar-refractivity contribution is 0.226. The van der Waals surface area contributed by atoms with Crippen LogP contribution in [0.15, 0.2) is 0 Å². The van der Waals surface area contributed by atoms with Gasteiger partial charge in [-0.15, -0.1) is 0 Å². The van der Waals surface area contributed by atoms with E-state index in [9.17, 15) is 16.8 Å². The quantitative estimate of drug-likeness (QED) is 0.471. The normalized spacial score (nSPS) is 18.8. The molecule has 0 aliphatic carbocycles. The summed E-state index contributed by atoms with van der Waals surface area (Å²) in [5.41, 5.74) is 0. The molecule has 1 aliphatic heterocycles. The maximum absolute atomic E-state index is 10.7. The maximum atomic E-state index is 10.7. The maximum Gasteiger partial charge on any atom is 0.266 e. The topological polar surface area (TPSA) is 115 Å². The molecule has 1 rings (SSSR count). The Kier molecular flexibility index (Phi) is 5.97. The van der Waals surface area contributed by atoms with Crippen LogP contribution in [0.3, 0.4) is 0 Å². The molecule has 1 heterocycles. The zero-order valence-electron chi connectivity index (χ0n) is 9.80. The summed E-state index contributed by atoms with van der Waals surface area (Å²) in [6.07, 6.45) is 0. The van der Waals surface area contributed by atoms with Gasteiger partial charge in [-0.05, 0) is 0 Å². The fourth-order valence-corrected chi connectivity index (χ4v) is 3.43. The Morgan fingerprint density at radius 1 is 1.11 bits per heavy atom. The molecular formula is C7H14N2O6S4. The molecule has 0 spiro atoms. The van der Waals surface area contributed by atoms with Crippen molar-refractivity contribution >= 4 is 48.5 Å². The number of nitrogens with zero attached hydrogens (tertiary/aromatic N) is 2. The molecule has 1 saturated heterocycles. The van der Waals surface area contributed by atoms with E-state index in [0.717, 1.165) is 0 Å². The Morgan fingerprint density at radius 3 is 2.16 bits per heavy atom. The highest BCUT2D eigenvalue weighted by molar-refractivity contribution is 8.22. The van der Waals surface area contributed by atoms with E-state index >= 15 is 0 Å². The minimum absolute atomic E-state index is 0.0348. The van der Waals surface area contributed by atoms with Crippen LogP contribution in [0.1, 0.15) is 0 Å². The van der Waals surface area contributed by atoms with Crippen LogP contribution in [-0.2, 0) is 20.2 Å². The Bertz CT molecular complexity index is 530.